The van der Waals surface area contributed by atoms with Crippen LogP contribution in [0, 0.1) is 5.41 Å². The predicted octanol–water partition coefficient (Wildman–Crippen LogP) is 2.71. The number of benzene rings is 1. The van der Waals surface area contributed by atoms with E-state index < -0.39 is 0 Å². The van der Waals surface area contributed by atoms with Crippen LogP contribution in [0.15, 0.2) is 22.7 Å². The average molecular weight is 313 g/mol. The zero-order valence-corrected chi connectivity index (χ0v) is 12.6. The highest BCUT2D eigenvalue weighted by atomic mass is 79.9. The second-order valence-corrected chi connectivity index (χ2v) is 6.78. The quantitative estimate of drug-likeness (QED) is 0.882. The Morgan fingerprint density at radius 1 is 1.50 bits per heavy atom. The molecule has 1 aliphatic rings. The van der Waals surface area contributed by atoms with E-state index in [4.69, 9.17) is 5.73 Å². The summed E-state index contributed by atoms with van der Waals surface area (Å²) in [6.45, 7) is 7.17. The number of aromatic hydroxyl groups is 1. The lowest BCUT2D eigenvalue weighted by Gasteiger charge is -2.42. The summed E-state index contributed by atoms with van der Waals surface area (Å²) in [5.74, 6) is 0.367. The van der Waals surface area contributed by atoms with Crippen LogP contribution in [-0.2, 0) is 6.54 Å². The van der Waals surface area contributed by atoms with E-state index in [9.17, 15) is 5.11 Å². The van der Waals surface area contributed by atoms with E-state index >= 15 is 0 Å². The van der Waals surface area contributed by atoms with Crippen LogP contribution in [0.25, 0.3) is 0 Å². The molecule has 3 N–H and O–H groups in total. The molecule has 1 aromatic rings. The Hall–Kier alpha value is -0.580. The van der Waals surface area contributed by atoms with E-state index in [0.29, 0.717) is 5.75 Å². The lowest BCUT2D eigenvalue weighted by atomic mass is 9.79. The third-order valence-corrected chi connectivity index (χ3v) is 4.32. The molecule has 0 radical (unpaired) electrons. The van der Waals surface area contributed by atoms with E-state index in [-0.39, 0.29) is 11.5 Å². The van der Waals surface area contributed by atoms with E-state index in [1.807, 2.05) is 12.1 Å². The summed E-state index contributed by atoms with van der Waals surface area (Å²) >= 11 is 3.44. The lowest BCUT2D eigenvalue weighted by Crippen LogP contribution is -2.52. The lowest BCUT2D eigenvalue weighted by molar-refractivity contribution is 0.0892. The zero-order valence-electron chi connectivity index (χ0n) is 11.0. The summed E-state index contributed by atoms with van der Waals surface area (Å²) in [5.41, 5.74) is 7.25. The third-order valence-electron chi connectivity index (χ3n) is 3.83. The van der Waals surface area contributed by atoms with Crippen LogP contribution in [0.2, 0.25) is 0 Å². The number of hydrogen-bond donors (Lipinski definition) is 2. The molecule has 0 spiro atoms. The van der Waals surface area contributed by atoms with Crippen molar-refractivity contribution in [3.63, 3.8) is 0 Å². The number of phenolic OH excluding ortho intramolecular Hbond substituents is 1. The Morgan fingerprint density at radius 2 is 2.22 bits per heavy atom. The minimum Gasteiger partial charge on any atom is -0.508 e. The van der Waals surface area contributed by atoms with Crippen molar-refractivity contribution in [2.24, 2.45) is 11.1 Å². The molecular weight excluding hydrogens is 292 g/mol. The number of piperidine rings is 1. The van der Waals surface area contributed by atoms with Gasteiger partial charge in [-0.15, -0.1) is 0 Å². The van der Waals surface area contributed by atoms with E-state index in [1.165, 1.54) is 0 Å². The Kier molecular flexibility index (Phi) is 3.99. The highest BCUT2D eigenvalue weighted by molar-refractivity contribution is 9.10. The molecule has 3 nitrogen and oxygen atoms in total. The molecule has 1 fully saturated rings. The van der Waals surface area contributed by atoms with E-state index in [0.717, 1.165) is 36.1 Å². The van der Waals surface area contributed by atoms with Gasteiger partial charge in [-0.25, -0.2) is 0 Å². The molecule has 0 bridgehead atoms. The third kappa shape index (κ3) is 3.05. The topological polar surface area (TPSA) is 49.5 Å². The van der Waals surface area contributed by atoms with Crippen molar-refractivity contribution in [1.29, 1.82) is 0 Å². The van der Waals surface area contributed by atoms with Crippen LogP contribution < -0.4 is 5.73 Å². The molecule has 1 atom stereocenters. The molecule has 1 aromatic carbocycles. The SMILES string of the molecule is CC1(C)CN(Cc2cc(Br)ccc2O)CCC1N. The second-order valence-electron chi connectivity index (χ2n) is 5.87. The summed E-state index contributed by atoms with van der Waals surface area (Å²) in [6, 6.07) is 5.84. The summed E-state index contributed by atoms with van der Waals surface area (Å²) < 4.78 is 1.00. The number of hydrogen-bond acceptors (Lipinski definition) is 3. The van der Waals surface area contributed by atoms with Gasteiger partial charge in [-0.2, -0.15) is 0 Å². The molecular formula is C14H21BrN2O. The number of nitrogens with zero attached hydrogens (tertiary/aromatic N) is 1. The summed E-state index contributed by atoms with van der Waals surface area (Å²) in [6.07, 6.45) is 1.02. The number of phenols is 1. The summed E-state index contributed by atoms with van der Waals surface area (Å²) in [4.78, 5) is 2.37. The molecule has 1 aliphatic heterocycles. The number of rotatable bonds is 2. The molecule has 100 valence electrons. The van der Waals surface area contributed by atoms with Gasteiger partial charge in [-0.05, 0) is 30.0 Å². The fourth-order valence-corrected chi connectivity index (χ4v) is 2.95. The van der Waals surface area contributed by atoms with Crippen LogP contribution in [0.4, 0.5) is 0 Å². The van der Waals surface area contributed by atoms with Gasteiger partial charge >= 0.3 is 0 Å². The van der Waals surface area contributed by atoms with Gasteiger partial charge in [0.25, 0.3) is 0 Å². The molecule has 1 unspecified atom stereocenters. The van der Waals surface area contributed by atoms with Gasteiger partial charge in [0.05, 0.1) is 0 Å². The predicted molar refractivity (Wildman–Crippen MR) is 77.5 cm³/mol. The van der Waals surface area contributed by atoms with Crippen molar-refractivity contribution in [2.75, 3.05) is 13.1 Å². The monoisotopic (exact) mass is 312 g/mol. The minimum absolute atomic E-state index is 0.139. The maximum atomic E-state index is 9.88. The fourth-order valence-electron chi connectivity index (χ4n) is 2.54. The van der Waals surface area contributed by atoms with E-state index in [2.05, 4.69) is 34.7 Å². The molecule has 2 rings (SSSR count). The van der Waals surface area contributed by atoms with Crippen molar-refractivity contribution >= 4 is 15.9 Å². The van der Waals surface area contributed by atoms with E-state index in [1.54, 1.807) is 6.07 Å². The normalized spacial score (nSPS) is 24.1. The van der Waals surface area contributed by atoms with Crippen LogP contribution in [-0.4, -0.2) is 29.1 Å². The van der Waals surface area contributed by atoms with Crippen molar-refractivity contribution in [3.8, 4) is 5.75 Å². The van der Waals surface area contributed by atoms with Crippen molar-refractivity contribution in [3.05, 3.63) is 28.2 Å². The molecule has 1 heterocycles. The first-order valence-electron chi connectivity index (χ1n) is 6.34. The first kappa shape index (κ1) is 13.8. The number of nitrogens with two attached hydrogens (primary N) is 1. The molecule has 18 heavy (non-hydrogen) atoms. The van der Waals surface area contributed by atoms with Crippen LogP contribution in [0.3, 0.4) is 0 Å². The van der Waals surface area contributed by atoms with Gasteiger partial charge < -0.3 is 10.8 Å². The second kappa shape index (κ2) is 5.19. The van der Waals surface area contributed by atoms with Crippen molar-refractivity contribution < 1.29 is 5.11 Å². The fraction of sp³-hybridized carbons (Fsp3) is 0.571. The molecule has 0 aromatic heterocycles. The highest BCUT2D eigenvalue weighted by Gasteiger charge is 2.33. The van der Waals surface area contributed by atoms with Crippen LogP contribution >= 0.6 is 15.9 Å². The minimum atomic E-state index is 0.139. The molecule has 0 saturated carbocycles. The Morgan fingerprint density at radius 3 is 2.89 bits per heavy atom. The van der Waals surface area contributed by atoms with Gasteiger partial charge in [0.1, 0.15) is 5.75 Å². The maximum Gasteiger partial charge on any atom is 0.120 e. The Bertz CT molecular complexity index is 434. The first-order valence-corrected chi connectivity index (χ1v) is 7.13. The molecule has 0 amide bonds. The van der Waals surface area contributed by atoms with Gasteiger partial charge in [0.2, 0.25) is 0 Å². The molecule has 4 heteroatoms. The summed E-state index contributed by atoms with van der Waals surface area (Å²) in [5, 5.41) is 9.88. The molecule has 0 aliphatic carbocycles. The van der Waals surface area contributed by atoms with Gasteiger partial charge in [-0.1, -0.05) is 29.8 Å². The van der Waals surface area contributed by atoms with Gasteiger partial charge in [0.15, 0.2) is 0 Å². The first-order chi connectivity index (χ1) is 8.38. The zero-order chi connectivity index (χ0) is 13.3. The van der Waals surface area contributed by atoms with Crippen LogP contribution in [0.5, 0.6) is 5.75 Å². The standard InChI is InChI=1S/C14H21BrN2O/c1-14(2)9-17(6-5-13(14)16)8-10-7-11(15)3-4-12(10)18/h3-4,7,13,18H,5-6,8-9,16H2,1-2H3. The number of halogens is 1. The van der Waals surface area contributed by atoms with Crippen molar-refractivity contribution in [1.82, 2.24) is 4.90 Å². The average Bonchev–Trinajstić information content (AvgIpc) is 2.28. The van der Waals surface area contributed by atoms with Gasteiger partial charge in [0, 0.05) is 35.7 Å². The van der Waals surface area contributed by atoms with Gasteiger partial charge in [-0.3, -0.25) is 4.90 Å². The smallest absolute Gasteiger partial charge is 0.120 e. The Labute approximate surface area is 117 Å². The summed E-state index contributed by atoms with van der Waals surface area (Å²) in [7, 11) is 0. The Balaban J connectivity index is 2.08. The highest BCUT2D eigenvalue weighted by Crippen LogP contribution is 2.30. The number of likely N-dealkylation sites (tertiary alicyclic amines) is 1. The van der Waals surface area contributed by atoms with Crippen molar-refractivity contribution in [2.45, 2.75) is 32.9 Å². The maximum absolute atomic E-state index is 9.88. The van der Waals surface area contributed by atoms with Crippen LogP contribution in [0.1, 0.15) is 25.8 Å². The largest absolute Gasteiger partial charge is 0.508 e. The molecule has 1 saturated heterocycles.